The highest BCUT2D eigenvalue weighted by Gasteiger charge is 2.64. The van der Waals surface area contributed by atoms with Gasteiger partial charge in [0.1, 0.15) is 11.3 Å². The first-order chi connectivity index (χ1) is 11.2. The number of carbonyl (C=O) groups is 1. The van der Waals surface area contributed by atoms with Gasteiger partial charge in [-0.1, -0.05) is 17.7 Å². The Bertz CT molecular complexity index is 683. The number of alkyl halides is 2. The second kappa shape index (κ2) is 5.27. The first-order valence-corrected chi connectivity index (χ1v) is 9.25. The van der Waals surface area contributed by atoms with E-state index in [2.05, 4.69) is 0 Å². The summed E-state index contributed by atoms with van der Waals surface area (Å²) in [5.41, 5.74) is -1.48. The Balaban J connectivity index is 1.51. The van der Waals surface area contributed by atoms with Crippen molar-refractivity contribution in [3.63, 3.8) is 0 Å². The minimum Gasteiger partial charge on any atom is -0.294 e. The Labute approximate surface area is 146 Å². The monoisotopic (exact) mass is 352 g/mol. The van der Waals surface area contributed by atoms with Gasteiger partial charge in [-0.2, -0.15) is 0 Å². The maximum Gasteiger partial charge on any atom is 0.163 e. The molecule has 0 saturated heterocycles. The van der Waals surface area contributed by atoms with Gasteiger partial charge in [0, 0.05) is 23.4 Å². The molecule has 4 bridgehead atoms. The molecule has 0 aliphatic heterocycles. The van der Waals surface area contributed by atoms with Crippen LogP contribution < -0.4 is 0 Å². The van der Waals surface area contributed by atoms with Crippen molar-refractivity contribution in [2.75, 3.05) is 0 Å². The maximum absolute atomic E-state index is 15.0. The minimum absolute atomic E-state index is 0.0339. The van der Waals surface area contributed by atoms with Crippen molar-refractivity contribution < 1.29 is 13.6 Å². The molecular weight excluding hydrogens is 330 g/mol. The van der Waals surface area contributed by atoms with Crippen LogP contribution in [0.5, 0.6) is 0 Å². The number of aryl methyl sites for hydroxylation is 1. The third-order valence-electron chi connectivity index (χ3n) is 6.43. The molecule has 4 aliphatic rings. The van der Waals surface area contributed by atoms with Crippen molar-refractivity contribution >= 4 is 17.4 Å². The molecule has 2 atom stereocenters. The van der Waals surface area contributed by atoms with Gasteiger partial charge in [-0.15, -0.1) is 0 Å². The normalized spacial score (nSPS) is 40.1. The van der Waals surface area contributed by atoms with Gasteiger partial charge in [0.05, 0.1) is 0 Å². The highest BCUT2D eigenvalue weighted by atomic mass is 35.5. The molecule has 1 aromatic carbocycles. The largest absolute Gasteiger partial charge is 0.294 e. The standard InChI is InChI=1S/C20H23ClF2O/c1-13-2-3-15(21)6-16(13)17(24)4-5-18-7-14-8-19(22,10-18)12-20(23,9-14)11-18/h2-3,6,14H,4-5,7-12H2,1H3. The van der Waals surface area contributed by atoms with Crippen LogP contribution in [0.1, 0.15) is 67.3 Å². The summed E-state index contributed by atoms with van der Waals surface area (Å²) >= 11 is 6.00. The van der Waals surface area contributed by atoms with Crippen LogP contribution in [0.4, 0.5) is 8.78 Å². The lowest BCUT2D eigenvalue weighted by Crippen LogP contribution is -2.59. The summed E-state index contributed by atoms with van der Waals surface area (Å²) in [5.74, 6) is 0.186. The number of ketones is 1. The fraction of sp³-hybridized carbons (Fsp3) is 0.650. The molecule has 1 nitrogen and oxygen atoms in total. The van der Waals surface area contributed by atoms with E-state index in [1.807, 2.05) is 13.0 Å². The van der Waals surface area contributed by atoms with E-state index in [4.69, 9.17) is 11.6 Å². The van der Waals surface area contributed by atoms with Gasteiger partial charge in [0.25, 0.3) is 0 Å². The summed E-state index contributed by atoms with van der Waals surface area (Å²) in [6, 6.07) is 5.31. The Morgan fingerprint density at radius 3 is 2.46 bits per heavy atom. The number of hydrogen-bond acceptors (Lipinski definition) is 1. The predicted molar refractivity (Wildman–Crippen MR) is 91.1 cm³/mol. The quantitative estimate of drug-likeness (QED) is 0.606. The first-order valence-electron chi connectivity index (χ1n) is 8.87. The fourth-order valence-electron chi connectivity index (χ4n) is 6.08. The summed E-state index contributed by atoms with van der Waals surface area (Å²) in [6.07, 6.45) is 3.79. The van der Waals surface area contributed by atoms with Crippen LogP contribution in [0, 0.1) is 18.3 Å². The molecule has 4 heteroatoms. The lowest BCUT2D eigenvalue weighted by Gasteiger charge is -2.61. The zero-order chi connectivity index (χ0) is 17.2. The molecule has 2 unspecified atom stereocenters. The second-order valence-electron chi connectivity index (χ2n) is 8.69. The van der Waals surface area contributed by atoms with Crippen molar-refractivity contribution in [2.45, 2.75) is 69.6 Å². The van der Waals surface area contributed by atoms with E-state index in [-0.39, 0.29) is 23.5 Å². The van der Waals surface area contributed by atoms with Crippen molar-refractivity contribution in [1.29, 1.82) is 0 Å². The molecule has 0 aromatic heterocycles. The summed E-state index contributed by atoms with van der Waals surface area (Å²) in [4.78, 5) is 12.6. The molecule has 0 heterocycles. The van der Waals surface area contributed by atoms with Gasteiger partial charge in [-0.25, -0.2) is 8.78 Å². The van der Waals surface area contributed by atoms with E-state index >= 15 is 0 Å². The van der Waals surface area contributed by atoms with Gasteiger partial charge in [0.15, 0.2) is 5.78 Å². The van der Waals surface area contributed by atoms with Crippen LogP contribution in [0.3, 0.4) is 0 Å². The Hall–Kier alpha value is -0.960. The van der Waals surface area contributed by atoms with Crippen LogP contribution in [-0.2, 0) is 0 Å². The molecule has 0 amide bonds. The number of rotatable bonds is 4. The van der Waals surface area contributed by atoms with Crippen LogP contribution in [0.2, 0.25) is 5.02 Å². The SMILES string of the molecule is Cc1ccc(Cl)cc1C(=O)CCC12CC3CC(F)(CC(F)(C3)C1)C2. The maximum atomic E-state index is 15.0. The summed E-state index contributed by atoms with van der Waals surface area (Å²) in [5, 5.41) is 0.546. The molecule has 130 valence electrons. The van der Waals surface area contributed by atoms with Crippen molar-refractivity contribution in [3.8, 4) is 0 Å². The third-order valence-corrected chi connectivity index (χ3v) is 6.67. The highest BCUT2D eigenvalue weighted by Crippen LogP contribution is 2.66. The molecular formula is C20H23ClF2O. The molecule has 4 fully saturated rings. The molecule has 0 spiro atoms. The number of halogens is 3. The average Bonchev–Trinajstić information content (AvgIpc) is 2.43. The molecule has 1 aromatic rings. The lowest BCUT2D eigenvalue weighted by atomic mass is 9.46. The number of hydrogen-bond donors (Lipinski definition) is 0. The minimum atomic E-state index is -1.34. The zero-order valence-corrected chi connectivity index (χ0v) is 14.8. The number of carbonyl (C=O) groups excluding carboxylic acids is 1. The Morgan fingerprint density at radius 1 is 1.17 bits per heavy atom. The van der Waals surface area contributed by atoms with Gasteiger partial charge in [0.2, 0.25) is 0 Å². The topological polar surface area (TPSA) is 17.1 Å². The molecule has 0 N–H and O–H groups in total. The lowest BCUT2D eigenvalue weighted by molar-refractivity contribution is -0.176. The second-order valence-corrected chi connectivity index (χ2v) is 9.13. The van der Waals surface area contributed by atoms with Crippen molar-refractivity contribution in [3.05, 3.63) is 34.3 Å². The van der Waals surface area contributed by atoms with Gasteiger partial charge >= 0.3 is 0 Å². The molecule has 24 heavy (non-hydrogen) atoms. The summed E-state index contributed by atoms with van der Waals surface area (Å²) in [7, 11) is 0. The third kappa shape index (κ3) is 2.79. The van der Waals surface area contributed by atoms with E-state index in [0.717, 1.165) is 12.0 Å². The molecule has 4 aliphatic carbocycles. The van der Waals surface area contributed by atoms with E-state index < -0.39 is 11.3 Å². The van der Waals surface area contributed by atoms with Crippen LogP contribution in [0.25, 0.3) is 0 Å². The van der Waals surface area contributed by atoms with Gasteiger partial charge in [-0.3, -0.25) is 4.79 Å². The molecule has 0 radical (unpaired) electrons. The average molecular weight is 353 g/mol. The van der Waals surface area contributed by atoms with E-state index in [9.17, 15) is 13.6 Å². The highest BCUT2D eigenvalue weighted by molar-refractivity contribution is 6.31. The number of Topliss-reactive ketones (excluding diaryl/α,β-unsaturated/α-hetero) is 1. The van der Waals surface area contributed by atoms with Crippen LogP contribution in [0.15, 0.2) is 18.2 Å². The van der Waals surface area contributed by atoms with E-state index in [0.29, 0.717) is 49.1 Å². The fourth-order valence-corrected chi connectivity index (χ4v) is 6.25. The Kier molecular flexibility index (Phi) is 3.62. The first kappa shape index (κ1) is 16.5. The smallest absolute Gasteiger partial charge is 0.163 e. The summed E-state index contributed by atoms with van der Waals surface area (Å²) < 4.78 is 30.0. The zero-order valence-electron chi connectivity index (χ0n) is 14.0. The Morgan fingerprint density at radius 2 is 1.83 bits per heavy atom. The van der Waals surface area contributed by atoms with E-state index in [1.54, 1.807) is 12.1 Å². The molecule has 5 rings (SSSR count). The van der Waals surface area contributed by atoms with Crippen molar-refractivity contribution in [2.24, 2.45) is 11.3 Å². The summed E-state index contributed by atoms with van der Waals surface area (Å²) in [6.45, 7) is 1.89. The van der Waals surface area contributed by atoms with Crippen LogP contribution >= 0.6 is 11.6 Å². The molecule has 4 saturated carbocycles. The number of benzene rings is 1. The van der Waals surface area contributed by atoms with Crippen LogP contribution in [-0.4, -0.2) is 17.1 Å². The van der Waals surface area contributed by atoms with Crippen molar-refractivity contribution in [1.82, 2.24) is 0 Å². The van der Waals surface area contributed by atoms with Gasteiger partial charge < -0.3 is 0 Å². The predicted octanol–water partition coefficient (Wildman–Crippen LogP) is 6.01. The van der Waals surface area contributed by atoms with E-state index in [1.165, 1.54) is 0 Å². The van der Waals surface area contributed by atoms with Gasteiger partial charge in [-0.05, 0) is 74.5 Å².